The van der Waals surface area contributed by atoms with Crippen LogP contribution in [0, 0.1) is 18.3 Å². The molecule has 3 aromatic carbocycles. The van der Waals surface area contributed by atoms with Crippen LogP contribution in [0.15, 0.2) is 72.8 Å². The summed E-state index contributed by atoms with van der Waals surface area (Å²) in [4.78, 5) is 13.7. The Morgan fingerprint density at radius 3 is 2.46 bits per heavy atom. The molecule has 0 unspecified atom stereocenters. The van der Waals surface area contributed by atoms with Crippen molar-refractivity contribution in [1.82, 2.24) is 0 Å². The highest BCUT2D eigenvalue weighted by Gasteiger charge is 2.21. The summed E-state index contributed by atoms with van der Waals surface area (Å²) in [5.41, 5.74) is 3.33. The van der Waals surface area contributed by atoms with Crippen LogP contribution >= 0.6 is 11.3 Å². The van der Waals surface area contributed by atoms with Crippen LogP contribution in [0.2, 0.25) is 0 Å². The van der Waals surface area contributed by atoms with Crippen molar-refractivity contribution in [1.29, 1.82) is 5.26 Å². The van der Waals surface area contributed by atoms with Crippen LogP contribution in [-0.4, -0.2) is 5.78 Å². The molecule has 1 aromatic heterocycles. The zero-order valence-electron chi connectivity index (χ0n) is 15.3. The van der Waals surface area contributed by atoms with Gasteiger partial charge in [-0.3, -0.25) is 4.79 Å². The van der Waals surface area contributed by atoms with Crippen LogP contribution in [-0.2, 0) is 6.61 Å². The van der Waals surface area contributed by atoms with Gasteiger partial charge in [-0.2, -0.15) is 5.26 Å². The Morgan fingerprint density at radius 2 is 1.71 bits per heavy atom. The molecule has 0 N–H and O–H groups in total. The van der Waals surface area contributed by atoms with Gasteiger partial charge in [0.15, 0.2) is 0 Å². The fraction of sp³-hybridized carbons (Fsp3) is 0.0833. The van der Waals surface area contributed by atoms with Crippen LogP contribution in [0.25, 0.3) is 10.1 Å². The molecule has 28 heavy (non-hydrogen) atoms. The lowest BCUT2D eigenvalue weighted by Crippen LogP contribution is -2.04. The normalized spacial score (nSPS) is 10.6. The van der Waals surface area contributed by atoms with Crippen molar-refractivity contribution in [2.24, 2.45) is 0 Å². The Labute approximate surface area is 167 Å². The van der Waals surface area contributed by atoms with Gasteiger partial charge in [-0.15, -0.1) is 11.3 Å². The maximum absolute atomic E-state index is 13.2. The van der Waals surface area contributed by atoms with Crippen molar-refractivity contribution in [2.75, 3.05) is 0 Å². The summed E-state index contributed by atoms with van der Waals surface area (Å²) < 4.78 is 7.20. The van der Waals surface area contributed by atoms with Gasteiger partial charge in [0, 0.05) is 15.6 Å². The maximum atomic E-state index is 13.2. The van der Waals surface area contributed by atoms with Gasteiger partial charge in [-0.25, -0.2) is 0 Å². The van der Waals surface area contributed by atoms with Gasteiger partial charge in [0.2, 0.25) is 5.78 Å². The van der Waals surface area contributed by atoms with Crippen LogP contribution in [0.5, 0.6) is 5.75 Å². The standard InChI is InChI=1S/C24H17NO2S/c1-16-6-2-3-7-19(16)15-27-23-20-8-4-5-9-21(20)28-24(23)22(26)18-12-10-17(14-25)11-13-18/h2-13H,15H2,1H3. The molecule has 1 heterocycles. The van der Waals surface area contributed by atoms with E-state index in [-0.39, 0.29) is 5.78 Å². The van der Waals surface area contributed by atoms with E-state index in [0.29, 0.717) is 28.4 Å². The van der Waals surface area contributed by atoms with Gasteiger partial charge in [0.05, 0.1) is 11.6 Å². The van der Waals surface area contributed by atoms with Crippen LogP contribution < -0.4 is 4.74 Å². The fourth-order valence-electron chi connectivity index (χ4n) is 3.06. The summed E-state index contributed by atoms with van der Waals surface area (Å²) in [5.74, 6) is 0.531. The maximum Gasteiger partial charge on any atom is 0.206 e. The largest absolute Gasteiger partial charge is 0.487 e. The first-order valence-corrected chi connectivity index (χ1v) is 9.72. The van der Waals surface area contributed by atoms with E-state index < -0.39 is 0 Å². The molecule has 136 valence electrons. The molecular formula is C24H17NO2S. The number of hydrogen-bond donors (Lipinski definition) is 0. The summed E-state index contributed by atoms with van der Waals surface area (Å²) in [6.07, 6.45) is 0. The van der Waals surface area contributed by atoms with E-state index >= 15 is 0 Å². The second-order valence-electron chi connectivity index (χ2n) is 6.49. The lowest BCUT2D eigenvalue weighted by atomic mass is 10.1. The molecule has 0 aliphatic carbocycles. The number of rotatable bonds is 5. The quantitative estimate of drug-likeness (QED) is 0.404. The van der Waals surface area contributed by atoms with Crippen molar-refractivity contribution in [3.8, 4) is 11.8 Å². The van der Waals surface area contributed by atoms with E-state index in [0.717, 1.165) is 21.2 Å². The predicted octanol–water partition coefficient (Wildman–Crippen LogP) is 5.89. The highest BCUT2D eigenvalue weighted by Crippen LogP contribution is 2.39. The van der Waals surface area contributed by atoms with E-state index in [1.807, 2.05) is 55.5 Å². The number of aryl methyl sites for hydroxylation is 1. The number of hydrogen-bond acceptors (Lipinski definition) is 4. The second kappa shape index (κ2) is 7.67. The Hall–Kier alpha value is -3.42. The molecule has 0 aliphatic rings. The van der Waals surface area contributed by atoms with Crippen LogP contribution in [0.1, 0.15) is 31.9 Å². The van der Waals surface area contributed by atoms with E-state index in [9.17, 15) is 4.79 Å². The monoisotopic (exact) mass is 383 g/mol. The van der Waals surface area contributed by atoms with Crippen molar-refractivity contribution in [3.05, 3.63) is 99.9 Å². The minimum atomic E-state index is -0.0922. The lowest BCUT2D eigenvalue weighted by Gasteiger charge is -2.10. The van der Waals surface area contributed by atoms with E-state index in [2.05, 4.69) is 6.07 Å². The van der Waals surface area contributed by atoms with E-state index in [4.69, 9.17) is 10.00 Å². The smallest absolute Gasteiger partial charge is 0.206 e. The zero-order valence-corrected chi connectivity index (χ0v) is 16.1. The first-order chi connectivity index (χ1) is 13.7. The second-order valence-corrected chi connectivity index (χ2v) is 7.54. The fourth-order valence-corrected chi connectivity index (χ4v) is 4.17. The van der Waals surface area contributed by atoms with E-state index in [1.54, 1.807) is 24.3 Å². The number of nitriles is 1. The molecule has 0 radical (unpaired) electrons. The number of fused-ring (bicyclic) bond motifs is 1. The third-order valence-electron chi connectivity index (χ3n) is 4.67. The van der Waals surface area contributed by atoms with Gasteiger partial charge in [-0.05, 0) is 54.4 Å². The first kappa shape index (κ1) is 18.0. The molecule has 0 bridgehead atoms. The van der Waals surface area contributed by atoms with Gasteiger partial charge in [-0.1, -0.05) is 36.4 Å². The molecular weight excluding hydrogens is 366 g/mol. The predicted molar refractivity (Wildman–Crippen MR) is 112 cm³/mol. The molecule has 4 rings (SSSR count). The molecule has 3 nitrogen and oxygen atoms in total. The first-order valence-electron chi connectivity index (χ1n) is 8.91. The van der Waals surface area contributed by atoms with Gasteiger partial charge in [0.1, 0.15) is 17.2 Å². The molecule has 4 aromatic rings. The highest BCUT2D eigenvalue weighted by molar-refractivity contribution is 7.21. The number of ether oxygens (including phenoxy) is 1. The van der Waals surface area contributed by atoms with Gasteiger partial charge < -0.3 is 4.74 Å². The van der Waals surface area contributed by atoms with Crippen molar-refractivity contribution in [2.45, 2.75) is 13.5 Å². The Balaban J connectivity index is 1.73. The minimum absolute atomic E-state index is 0.0922. The van der Waals surface area contributed by atoms with Crippen LogP contribution in [0.3, 0.4) is 0 Å². The summed E-state index contributed by atoms with van der Waals surface area (Å²) in [7, 11) is 0. The molecule has 0 amide bonds. The average Bonchev–Trinajstić information content (AvgIpc) is 3.11. The summed E-state index contributed by atoms with van der Waals surface area (Å²) in [6, 6.07) is 24.7. The number of benzene rings is 3. The van der Waals surface area contributed by atoms with Crippen molar-refractivity contribution in [3.63, 3.8) is 0 Å². The number of ketones is 1. The summed E-state index contributed by atoms with van der Waals surface area (Å²) in [5, 5.41) is 9.91. The number of nitrogens with zero attached hydrogens (tertiary/aromatic N) is 1. The molecule has 0 aliphatic heterocycles. The SMILES string of the molecule is Cc1ccccc1COc1c(C(=O)c2ccc(C#N)cc2)sc2ccccc12. The Bertz CT molecular complexity index is 1200. The van der Waals surface area contributed by atoms with Crippen LogP contribution in [0.4, 0.5) is 0 Å². The minimum Gasteiger partial charge on any atom is -0.487 e. The Morgan fingerprint density at radius 1 is 1.00 bits per heavy atom. The van der Waals surface area contributed by atoms with E-state index in [1.165, 1.54) is 11.3 Å². The lowest BCUT2D eigenvalue weighted by molar-refractivity contribution is 0.103. The molecule has 0 saturated heterocycles. The van der Waals surface area contributed by atoms with Gasteiger partial charge >= 0.3 is 0 Å². The summed E-state index contributed by atoms with van der Waals surface area (Å²) in [6.45, 7) is 2.45. The number of carbonyl (C=O) groups is 1. The third kappa shape index (κ3) is 3.40. The molecule has 0 spiro atoms. The molecule has 0 saturated carbocycles. The molecule has 0 atom stereocenters. The molecule has 4 heteroatoms. The number of thiophene rings is 1. The summed E-state index contributed by atoms with van der Waals surface area (Å²) >= 11 is 1.44. The highest BCUT2D eigenvalue weighted by atomic mass is 32.1. The molecule has 0 fully saturated rings. The average molecular weight is 383 g/mol. The van der Waals surface area contributed by atoms with Crippen molar-refractivity contribution < 1.29 is 9.53 Å². The number of carbonyl (C=O) groups excluding carboxylic acids is 1. The Kier molecular flexibility index (Phi) is 4.92. The van der Waals surface area contributed by atoms with Crippen molar-refractivity contribution >= 4 is 27.2 Å². The third-order valence-corrected chi connectivity index (χ3v) is 5.82. The zero-order chi connectivity index (χ0) is 19.5. The van der Waals surface area contributed by atoms with Gasteiger partial charge in [0.25, 0.3) is 0 Å². The topological polar surface area (TPSA) is 50.1 Å².